The Labute approximate surface area is 151 Å². The van der Waals surface area contributed by atoms with Gasteiger partial charge in [-0.15, -0.1) is 0 Å². The number of hydrogen-bond acceptors (Lipinski definition) is 4. The number of benzene rings is 2. The molecule has 134 valence electrons. The summed E-state index contributed by atoms with van der Waals surface area (Å²) in [5.41, 5.74) is 1.62. The van der Waals surface area contributed by atoms with Gasteiger partial charge in [0.25, 0.3) is 5.91 Å². The Bertz CT molecular complexity index is 865. The number of ether oxygens (including phenoxy) is 2. The SMILES string of the molecule is CC1Oc2ccccc2OC1C(=O)N1Cc2ccccc2C(C(=O)O)C1. The molecule has 2 aliphatic rings. The van der Waals surface area contributed by atoms with Crippen molar-refractivity contribution in [2.45, 2.75) is 31.6 Å². The average Bonchev–Trinajstić information content (AvgIpc) is 2.65. The highest BCUT2D eigenvalue weighted by molar-refractivity contribution is 5.85. The van der Waals surface area contributed by atoms with Crippen LogP contribution in [-0.2, 0) is 16.1 Å². The van der Waals surface area contributed by atoms with E-state index in [0.717, 1.165) is 11.1 Å². The van der Waals surface area contributed by atoms with Gasteiger partial charge in [-0.25, -0.2) is 0 Å². The van der Waals surface area contributed by atoms with E-state index in [-0.39, 0.29) is 12.5 Å². The number of para-hydroxylation sites is 2. The Morgan fingerprint density at radius 2 is 1.69 bits per heavy atom. The molecular weight excluding hydrogens is 334 g/mol. The first-order valence-corrected chi connectivity index (χ1v) is 8.56. The molecule has 0 saturated heterocycles. The van der Waals surface area contributed by atoms with Crippen molar-refractivity contribution in [1.29, 1.82) is 0 Å². The van der Waals surface area contributed by atoms with Crippen LogP contribution in [0, 0.1) is 0 Å². The lowest BCUT2D eigenvalue weighted by atomic mass is 9.89. The van der Waals surface area contributed by atoms with Crippen LogP contribution >= 0.6 is 0 Å². The molecule has 6 heteroatoms. The van der Waals surface area contributed by atoms with Crippen LogP contribution in [0.1, 0.15) is 24.0 Å². The smallest absolute Gasteiger partial charge is 0.312 e. The number of nitrogens with zero attached hydrogens (tertiary/aromatic N) is 1. The summed E-state index contributed by atoms with van der Waals surface area (Å²) in [5, 5.41) is 9.58. The summed E-state index contributed by atoms with van der Waals surface area (Å²) in [6.45, 7) is 2.28. The Kier molecular flexibility index (Phi) is 4.03. The molecule has 3 unspecified atom stereocenters. The van der Waals surface area contributed by atoms with Gasteiger partial charge in [-0.3, -0.25) is 9.59 Å². The highest BCUT2D eigenvalue weighted by Gasteiger charge is 2.40. The first kappa shape index (κ1) is 16.4. The van der Waals surface area contributed by atoms with E-state index in [9.17, 15) is 14.7 Å². The molecular formula is C20H19NO5. The maximum atomic E-state index is 13.1. The lowest BCUT2D eigenvalue weighted by molar-refractivity contribution is -0.148. The minimum Gasteiger partial charge on any atom is -0.482 e. The molecule has 3 atom stereocenters. The normalized spacial score (nSPS) is 23.9. The molecule has 0 fully saturated rings. The molecule has 2 heterocycles. The second kappa shape index (κ2) is 6.37. The first-order chi connectivity index (χ1) is 12.5. The highest BCUT2D eigenvalue weighted by Crippen LogP contribution is 2.35. The van der Waals surface area contributed by atoms with Crippen molar-refractivity contribution in [3.8, 4) is 11.5 Å². The Balaban J connectivity index is 1.60. The van der Waals surface area contributed by atoms with Gasteiger partial charge in [0.1, 0.15) is 6.10 Å². The summed E-state index contributed by atoms with van der Waals surface area (Å²) >= 11 is 0. The number of carboxylic acid groups (broad SMARTS) is 1. The van der Waals surface area contributed by atoms with Gasteiger partial charge in [-0.05, 0) is 30.2 Å². The second-order valence-corrected chi connectivity index (χ2v) is 6.62. The van der Waals surface area contributed by atoms with Gasteiger partial charge in [0.15, 0.2) is 11.5 Å². The predicted octanol–water partition coefficient (Wildman–Crippen LogP) is 2.43. The predicted molar refractivity (Wildman–Crippen MR) is 93.2 cm³/mol. The van der Waals surface area contributed by atoms with Crippen LogP contribution in [0.4, 0.5) is 0 Å². The van der Waals surface area contributed by atoms with Gasteiger partial charge in [-0.1, -0.05) is 36.4 Å². The number of carbonyl (C=O) groups excluding carboxylic acids is 1. The van der Waals surface area contributed by atoms with Crippen molar-refractivity contribution in [1.82, 2.24) is 4.90 Å². The molecule has 26 heavy (non-hydrogen) atoms. The Morgan fingerprint density at radius 3 is 2.42 bits per heavy atom. The van der Waals surface area contributed by atoms with E-state index in [1.165, 1.54) is 0 Å². The summed E-state index contributed by atoms with van der Waals surface area (Å²) in [7, 11) is 0. The van der Waals surface area contributed by atoms with Gasteiger partial charge in [-0.2, -0.15) is 0 Å². The van der Waals surface area contributed by atoms with E-state index in [0.29, 0.717) is 18.0 Å². The number of carboxylic acids is 1. The van der Waals surface area contributed by atoms with Crippen LogP contribution in [0.15, 0.2) is 48.5 Å². The van der Waals surface area contributed by atoms with Crippen LogP contribution in [0.2, 0.25) is 0 Å². The fourth-order valence-corrected chi connectivity index (χ4v) is 3.56. The summed E-state index contributed by atoms with van der Waals surface area (Å²) in [5.74, 6) is -0.800. The molecule has 1 amide bonds. The number of carbonyl (C=O) groups is 2. The van der Waals surface area contributed by atoms with Crippen LogP contribution in [0.5, 0.6) is 11.5 Å². The molecule has 2 aromatic rings. The summed E-state index contributed by atoms with van der Waals surface area (Å²) in [6.07, 6.45) is -1.26. The quantitative estimate of drug-likeness (QED) is 0.897. The molecule has 0 spiro atoms. The fourth-order valence-electron chi connectivity index (χ4n) is 3.56. The Hall–Kier alpha value is -3.02. The van der Waals surface area contributed by atoms with Crippen molar-refractivity contribution in [2.24, 2.45) is 0 Å². The molecule has 0 aromatic heterocycles. The van der Waals surface area contributed by atoms with Crippen molar-refractivity contribution < 1.29 is 24.2 Å². The lowest BCUT2D eigenvalue weighted by Crippen LogP contribution is -2.52. The van der Waals surface area contributed by atoms with Gasteiger partial charge in [0, 0.05) is 13.1 Å². The molecule has 1 N–H and O–H groups in total. The van der Waals surface area contributed by atoms with Crippen molar-refractivity contribution in [3.05, 3.63) is 59.7 Å². The zero-order valence-electron chi connectivity index (χ0n) is 14.3. The summed E-state index contributed by atoms with van der Waals surface area (Å²) in [6, 6.07) is 14.6. The van der Waals surface area contributed by atoms with Crippen molar-refractivity contribution >= 4 is 11.9 Å². The standard InChI is InChI=1S/C20H19NO5/c1-12-18(26-17-9-5-4-8-16(17)25-12)19(22)21-10-13-6-2-3-7-14(13)15(11-21)20(23)24/h2-9,12,15,18H,10-11H2,1H3,(H,23,24). The van der Waals surface area contributed by atoms with Gasteiger partial charge >= 0.3 is 5.97 Å². The monoisotopic (exact) mass is 353 g/mol. The van der Waals surface area contributed by atoms with E-state index >= 15 is 0 Å². The van der Waals surface area contributed by atoms with Crippen LogP contribution in [0.25, 0.3) is 0 Å². The largest absolute Gasteiger partial charge is 0.482 e. The molecule has 2 aliphatic heterocycles. The molecule has 0 aliphatic carbocycles. The third-order valence-electron chi connectivity index (χ3n) is 4.89. The van der Waals surface area contributed by atoms with Crippen molar-refractivity contribution in [2.75, 3.05) is 6.54 Å². The van der Waals surface area contributed by atoms with Gasteiger partial charge in [0.05, 0.1) is 5.92 Å². The summed E-state index contributed by atoms with van der Waals surface area (Å²) in [4.78, 5) is 26.3. The molecule has 6 nitrogen and oxygen atoms in total. The van der Waals surface area contributed by atoms with Gasteiger partial charge < -0.3 is 19.5 Å². The minimum atomic E-state index is -0.936. The maximum Gasteiger partial charge on any atom is 0.312 e. The number of amides is 1. The highest BCUT2D eigenvalue weighted by atomic mass is 16.6. The number of aliphatic carboxylic acids is 1. The molecule has 0 radical (unpaired) electrons. The lowest BCUT2D eigenvalue weighted by Gasteiger charge is -2.38. The van der Waals surface area contributed by atoms with Crippen LogP contribution < -0.4 is 9.47 Å². The molecule has 0 bridgehead atoms. The maximum absolute atomic E-state index is 13.1. The second-order valence-electron chi connectivity index (χ2n) is 6.62. The number of rotatable bonds is 2. The number of hydrogen-bond donors (Lipinski definition) is 1. The van der Waals surface area contributed by atoms with Crippen LogP contribution in [0.3, 0.4) is 0 Å². The van der Waals surface area contributed by atoms with E-state index in [2.05, 4.69) is 0 Å². The van der Waals surface area contributed by atoms with E-state index in [1.54, 1.807) is 24.0 Å². The minimum absolute atomic E-state index is 0.124. The van der Waals surface area contributed by atoms with Crippen molar-refractivity contribution in [3.63, 3.8) is 0 Å². The third kappa shape index (κ3) is 2.77. The topological polar surface area (TPSA) is 76.1 Å². The number of fused-ring (bicyclic) bond motifs is 2. The first-order valence-electron chi connectivity index (χ1n) is 8.56. The van der Waals surface area contributed by atoms with E-state index in [1.807, 2.05) is 36.4 Å². The zero-order valence-corrected chi connectivity index (χ0v) is 14.3. The summed E-state index contributed by atoms with van der Waals surface area (Å²) < 4.78 is 11.7. The zero-order chi connectivity index (χ0) is 18.3. The van der Waals surface area contributed by atoms with Gasteiger partial charge in [0.2, 0.25) is 6.10 Å². The fraction of sp³-hybridized carbons (Fsp3) is 0.300. The molecule has 4 rings (SSSR count). The van der Waals surface area contributed by atoms with Crippen LogP contribution in [-0.4, -0.2) is 40.6 Å². The molecule has 2 aromatic carbocycles. The third-order valence-corrected chi connectivity index (χ3v) is 4.89. The van der Waals surface area contributed by atoms with E-state index in [4.69, 9.17) is 9.47 Å². The Morgan fingerprint density at radius 1 is 1.04 bits per heavy atom. The van der Waals surface area contributed by atoms with E-state index < -0.39 is 24.1 Å². The average molecular weight is 353 g/mol. The molecule has 0 saturated carbocycles.